The number of aromatic nitrogens is 4. The van der Waals surface area contributed by atoms with Crippen molar-refractivity contribution in [3.05, 3.63) is 66.0 Å². The average molecular weight is 510 g/mol. The fourth-order valence-electron chi connectivity index (χ4n) is 4.40. The van der Waals surface area contributed by atoms with Crippen LogP contribution in [0.1, 0.15) is 30.4 Å². The van der Waals surface area contributed by atoms with Crippen molar-refractivity contribution < 1.29 is 18.0 Å². The summed E-state index contributed by atoms with van der Waals surface area (Å²) in [6.45, 7) is 2.34. The molecule has 3 N–H and O–H groups in total. The second-order valence-electron chi connectivity index (χ2n) is 9.03. The second kappa shape index (κ2) is 10.1. The minimum atomic E-state index is -4.39. The normalized spacial score (nSPS) is 14.0. The lowest BCUT2D eigenvalue weighted by molar-refractivity contribution is -0.137. The van der Waals surface area contributed by atoms with Crippen molar-refractivity contribution in [2.24, 2.45) is 0 Å². The third kappa shape index (κ3) is 5.50. The topological polar surface area (TPSA) is 102 Å². The number of hydrogen-bond donors (Lipinski definition) is 2. The number of carbonyl (C=O) groups is 1. The molecule has 1 fully saturated rings. The van der Waals surface area contributed by atoms with E-state index >= 15 is 0 Å². The Kier molecular flexibility index (Phi) is 6.68. The number of anilines is 2. The molecule has 5 rings (SSSR count). The van der Waals surface area contributed by atoms with Crippen LogP contribution in [0.4, 0.5) is 24.7 Å². The molecule has 192 valence electrons. The zero-order valence-corrected chi connectivity index (χ0v) is 20.0. The summed E-state index contributed by atoms with van der Waals surface area (Å²) in [6.07, 6.45) is -0.521. The van der Waals surface area contributed by atoms with Crippen LogP contribution in [0.5, 0.6) is 0 Å². The first-order valence-electron chi connectivity index (χ1n) is 12.0. The molecule has 1 aliphatic heterocycles. The number of amides is 1. The maximum atomic E-state index is 13.0. The number of carbonyl (C=O) groups excluding carboxylic acids is 1. The van der Waals surface area contributed by atoms with Crippen molar-refractivity contribution in [2.45, 2.75) is 32.0 Å². The Balaban J connectivity index is 1.42. The molecule has 0 spiro atoms. The molecule has 4 aromatic rings. The number of nitrogens with zero attached hydrogens (tertiary/aromatic N) is 5. The van der Waals surface area contributed by atoms with Crippen LogP contribution in [-0.2, 0) is 17.5 Å². The molecule has 2 aromatic heterocycles. The molecule has 0 bridgehead atoms. The number of likely N-dealkylation sites (tertiary alicyclic amines) is 1. The largest absolute Gasteiger partial charge is 0.416 e. The minimum Gasteiger partial charge on any atom is -0.399 e. The van der Waals surface area contributed by atoms with E-state index in [9.17, 15) is 18.0 Å². The van der Waals surface area contributed by atoms with Crippen LogP contribution in [0.15, 0.2) is 54.9 Å². The number of rotatable bonds is 8. The Bertz CT molecular complexity index is 1420. The van der Waals surface area contributed by atoms with Crippen LogP contribution >= 0.6 is 0 Å². The van der Waals surface area contributed by atoms with Gasteiger partial charge in [0.15, 0.2) is 17.3 Å². The van der Waals surface area contributed by atoms with Gasteiger partial charge in [0, 0.05) is 37.3 Å². The quantitative estimate of drug-likeness (QED) is 0.267. The van der Waals surface area contributed by atoms with Gasteiger partial charge in [-0.3, -0.25) is 4.79 Å². The minimum absolute atomic E-state index is 0.190. The van der Waals surface area contributed by atoms with Gasteiger partial charge in [0.05, 0.1) is 18.4 Å². The number of hydrogen-bond acceptors (Lipinski definition) is 6. The number of benzene rings is 2. The second-order valence-corrected chi connectivity index (χ2v) is 9.03. The van der Waals surface area contributed by atoms with E-state index in [0.717, 1.165) is 37.1 Å². The van der Waals surface area contributed by atoms with Gasteiger partial charge in [-0.05, 0) is 42.7 Å². The van der Waals surface area contributed by atoms with Crippen LogP contribution in [0.3, 0.4) is 0 Å². The van der Waals surface area contributed by atoms with Gasteiger partial charge in [-0.25, -0.2) is 15.0 Å². The highest BCUT2D eigenvalue weighted by Gasteiger charge is 2.30. The van der Waals surface area contributed by atoms with E-state index in [1.807, 2.05) is 17.0 Å². The molecule has 11 heteroatoms. The number of nitrogens with two attached hydrogens (primary N) is 1. The first kappa shape index (κ1) is 24.5. The van der Waals surface area contributed by atoms with Gasteiger partial charge in [-0.1, -0.05) is 24.3 Å². The fourth-order valence-corrected chi connectivity index (χ4v) is 4.40. The summed E-state index contributed by atoms with van der Waals surface area (Å²) in [5.41, 5.74) is 8.36. The average Bonchev–Trinajstić information content (AvgIpc) is 3.47. The number of fused-ring (bicyclic) bond motifs is 1. The summed E-state index contributed by atoms with van der Waals surface area (Å²) < 4.78 is 40.6. The molecule has 37 heavy (non-hydrogen) atoms. The third-order valence-corrected chi connectivity index (χ3v) is 6.31. The Hall–Kier alpha value is -4.15. The molecular weight excluding hydrogens is 483 g/mol. The lowest BCUT2D eigenvalue weighted by Gasteiger charge is -2.15. The first-order valence-corrected chi connectivity index (χ1v) is 12.0. The van der Waals surface area contributed by atoms with E-state index in [1.165, 1.54) is 12.1 Å². The zero-order valence-electron chi connectivity index (χ0n) is 20.0. The molecular formula is C26H26F3N7O. The summed E-state index contributed by atoms with van der Waals surface area (Å²) in [5, 5.41) is 3.33. The van der Waals surface area contributed by atoms with E-state index in [1.54, 1.807) is 23.0 Å². The molecule has 0 atom stereocenters. The Labute approximate surface area is 211 Å². The zero-order chi connectivity index (χ0) is 26.0. The van der Waals surface area contributed by atoms with E-state index < -0.39 is 11.7 Å². The van der Waals surface area contributed by atoms with E-state index in [0.29, 0.717) is 60.1 Å². The van der Waals surface area contributed by atoms with Crippen LogP contribution in [0.25, 0.3) is 22.6 Å². The fraction of sp³-hybridized carbons (Fsp3) is 0.308. The van der Waals surface area contributed by atoms with Crippen LogP contribution in [0, 0.1) is 0 Å². The Morgan fingerprint density at radius 3 is 2.59 bits per heavy atom. The van der Waals surface area contributed by atoms with E-state index in [4.69, 9.17) is 15.7 Å². The molecule has 2 aromatic carbocycles. The van der Waals surface area contributed by atoms with Gasteiger partial charge in [-0.2, -0.15) is 13.2 Å². The van der Waals surface area contributed by atoms with Crippen molar-refractivity contribution in [2.75, 3.05) is 30.7 Å². The summed E-state index contributed by atoms with van der Waals surface area (Å²) in [5.74, 6) is 1.18. The molecule has 8 nitrogen and oxygen atoms in total. The number of nitrogen functional groups attached to an aromatic ring is 1. The number of alkyl halides is 3. The van der Waals surface area contributed by atoms with Gasteiger partial charge in [0.25, 0.3) is 0 Å². The Morgan fingerprint density at radius 2 is 1.89 bits per heavy atom. The highest BCUT2D eigenvalue weighted by Crippen LogP contribution is 2.30. The number of imidazole rings is 1. The number of halogens is 3. The lowest BCUT2D eigenvalue weighted by atomic mass is 10.1. The van der Waals surface area contributed by atoms with Crippen molar-refractivity contribution in [3.8, 4) is 11.4 Å². The summed E-state index contributed by atoms with van der Waals surface area (Å²) in [4.78, 5) is 27.7. The van der Waals surface area contributed by atoms with Crippen LogP contribution < -0.4 is 11.1 Å². The van der Waals surface area contributed by atoms with E-state index in [-0.39, 0.29) is 5.91 Å². The highest BCUT2D eigenvalue weighted by atomic mass is 19.4. The summed E-state index contributed by atoms with van der Waals surface area (Å²) in [6, 6.07) is 12.3. The van der Waals surface area contributed by atoms with Gasteiger partial charge in [0.1, 0.15) is 5.52 Å². The molecule has 0 saturated carbocycles. The predicted molar refractivity (Wildman–Crippen MR) is 135 cm³/mol. The Morgan fingerprint density at radius 1 is 1.08 bits per heavy atom. The summed E-state index contributed by atoms with van der Waals surface area (Å²) in [7, 11) is 0. The van der Waals surface area contributed by atoms with Crippen molar-refractivity contribution in [1.29, 1.82) is 0 Å². The monoisotopic (exact) mass is 509 g/mol. The highest BCUT2D eigenvalue weighted by molar-refractivity contribution is 5.85. The predicted octanol–water partition coefficient (Wildman–Crippen LogP) is 4.57. The standard InChI is InChI=1S/C26H26F3N7O/c27-26(28,29)19-9-7-17(8-10-19)15-36-16-32-22-24(31-11-3-13-35-12-2-6-21(35)37)33-23(34-25(22)36)18-4-1-5-20(30)14-18/h1,4-5,7-10,14,16H,2-3,6,11-13,15,30H2,(H,31,33,34). The van der Waals surface area contributed by atoms with Gasteiger partial charge in [0.2, 0.25) is 5.91 Å². The summed E-state index contributed by atoms with van der Waals surface area (Å²) >= 11 is 0. The van der Waals surface area contributed by atoms with Crippen molar-refractivity contribution in [1.82, 2.24) is 24.4 Å². The van der Waals surface area contributed by atoms with Crippen LogP contribution in [-0.4, -0.2) is 50.0 Å². The third-order valence-electron chi connectivity index (χ3n) is 6.31. The molecule has 0 unspecified atom stereocenters. The number of nitrogens with one attached hydrogen (secondary N) is 1. The van der Waals surface area contributed by atoms with Crippen LogP contribution in [0.2, 0.25) is 0 Å². The van der Waals surface area contributed by atoms with Crippen molar-refractivity contribution >= 4 is 28.6 Å². The lowest BCUT2D eigenvalue weighted by Crippen LogP contribution is -2.27. The van der Waals surface area contributed by atoms with Crippen molar-refractivity contribution in [3.63, 3.8) is 0 Å². The molecule has 1 saturated heterocycles. The maximum Gasteiger partial charge on any atom is 0.416 e. The van der Waals surface area contributed by atoms with Gasteiger partial charge in [-0.15, -0.1) is 0 Å². The molecule has 0 radical (unpaired) electrons. The molecule has 0 aliphatic carbocycles. The molecule has 3 heterocycles. The molecule has 1 amide bonds. The molecule has 1 aliphatic rings. The first-order chi connectivity index (χ1) is 17.8. The SMILES string of the molecule is Nc1cccc(-c2nc(NCCCN3CCCC3=O)c3ncn(Cc4ccc(C(F)(F)F)cc4)c3n2)c1. The maximum absolute atomic E-state index is 13.0. The van der Waals surface area contributed by atoms with Gasteiger partial charge < -0.3 is 20.5 Å². The van der Waals surface area contributed by atoms with Gasteiger partial charge >= 0.3 is 6.18 Å². The van der Waals surface area contributed by atoms with E-state index in [2.05, 4.69) is 10.3 Å². The smallest absolute Gasteiger partial charge is 0.399 e.